The van der Waals surface area contributed by atoms with Crippen LogP contribution in [-0.4, -0.2) is 11.5 Å². The quantitative estimate of drug-likeness (QED) is 0.604. The Morgan fingerprint density at radius 2 is 2.18 bits per heavy atom. The van der Waals surface area contributed by atoms with Gasteiger partial charge in [0.15, 0.2) is 0 Å². The standard InChI is InChI=1S/C13H19FN2S/c1-9(2)5-4-8-16-11-7-3-6-10(14)12(11)13(15)17/h3,6-7,9,16H,4-5,8H2,1-2H3,(H2,15,17). The van der Waals surface area contributed by atoms with Gasteiger partial charge in [0.25, 0.3) is 0 Å². The Kier molecular flexibility index (Phi) is 5.35. The molecule has 0 spiro atoms. The summed E-state index contributed by atoms with van der Waals surface area (Å²) in [6.07, 6.45) is 2.19. The van der Waals surface area contributed by atoms with Gasteiger partial charge in [0.2, 0.25) is 0 Å². The van der Waals surface area contributed by atoms with Crippen molar-refractivity contribution in [2.45, 2.75) is 26.7 Å². The number of halogens is 1. The van der Waals surface area contributed by atoms with Gasteiger partial charge in [-0.3, -0.25) is 0 Å². The number of anilines is 1. The topological polar surface area (TPSA) is 38.0 Å². The Bertz CT molecular complexity index is 391. The van der Waals surface area contributed by atoms with Gasteiger partial charge in [0, 0.05) is 12.2 Å². The maximum Gasteiger partial charge on any atom is 0.135 e. The fraction of sp³-hybridized carbons (Fsp3) is 0.462. The van der Waals surface area contributed by atoms with Crippen molar-refractivity contribution in [1.29, 1.82) is 0 Å². The monoisotopic (exact) mass is 254 g/mol. The predicted molar refractivity (Wildman–Crippen MR) is 74.8 cm³/mol. The van der Waals surface area contributed by atoms with E-state index >= 15 is 0 Å². The van der Waals surface area contributed by atoms with Gasteiger partial charge < -0.3 is 11.1 Å². The molecule has 1 aromatic carbocycles. The molecule has 0 amide bonds. The first-order valence-electron chi connectivity index (χ1n) is 5.84. The van der Waals surface area contributed by atoms with E-state index in [-0.39, 0.29) is 10.8 Å². The van der Waals surface area contributed by atoms with Gasteiger partial charge in [-0.05, 0) is 30.9 Å². The molecule has 0 saturated heterocycles. The molecule has 0 aliphatic carbocycles. The molecule has 17 heavy (non-hydrogen) atoms. The smallest absolute Gasteiger partial charge is 0.135 e. The normalized spacial score (nSPS) is 10.6. The fourth-order valence-corrected chi connectivity index (χ4v) is 1.86. The van der Waals surface area contributed by atoms with E-state index < -0.39 is 0 Å². The van der Waals surface area contributed by atoms with Crippen LogP contribution < -0.4 is 11.1 Å². The molecule has 0 aliphatic rings. The molecule has 4 heteroatoms. The predicted octanol–water partition coefficient (Wildman–Crippen LogP) is 3.31. The van der Waals surface area contributed by atoms with Crippen LogP contribution in [0.5, 0.6) is 0 Å². The molecule has 0 unspecified atom stereocenters. The fourth-order valence-electron chi connectivity index (χ4n) is 1.66. The van der Waals surface area contributed by atoms with Gasteiger partial charge in [-0.2, -0.15) is 0 Å². The lowest BCUT2D eigenvalue weighted by atomic mass is 10.1. The molecule has 0 aliphatic heterocycles. The van der Waals surface area contributed by atoms with E-state index in [2.05, 4.69) is 19.2 Å². The molecule has 0 saturated carbocycles. The summed E-state index contributed by atoms with van der Waals surface area (Å²) in [6, 6.07) is 4.82. The number of rotatable bonds is 6. The van der Waals surface area contributed by atoms with E-state index in [1.807, 2.05) is 0 Å². The van der Waals surface area contributed by atoms with Crippen LogP contribution in [0.25, 0.3) is 0 Å². The van der Waals surface area contributed by atoms with Crippen LogP contribution in [0.4, 0.5) is 10.1 Å². The molecule has 2 nitrogen and oxygen atoms in total. The van der Waals surface area contributed by atoms with Gasteiger partial charge in [-0.15, -0.1) is 0 Å². The SMILES string of the molecule is CC(C)CCCNc1cccc(F)c1C(N)=S. The summed E-state index contributed by atoms with van der Waals surface area (Å²) in [5.74, 6) is 0.311. The molecule has 0 heterocycles. The first-order valence-corrected chi connectivity index (χ1v) is 6.25. The molecule has 0 atom stereocenters. The molecule has 1 aromatic rings. The number of hydrogen-bond acceptors (Lipinski definition) is 2. The first-order chi connectivity index (χ1) is 8.02. The summed E-state index contributed by atoms with van der Waals surface area (Å²) >= 11 is 4.86. The lowest BCUT2D eigenvalue weighted by Crippen LogP contribution is -2.16. The van der Waals surface area contributed by atoms with Crippen LogP contribution in [0.2, 0.25) is 0 Å². The molecule has 94 valence electrons. The minimum Gasteiger partial charge on any atom is -0.389 e. The molecule has 3 N–H and O–H groups in total. The third-order valence-electron chi connectivity index (χ3n) is 2.53. The summed E-state index contributed by atoms with van der Waals surface area (Å²) in [4.78, 5) is 0.0921. The van der Waals surface area contributed by atoms with E-state index in [1.54, 1.807) is 12.1 Å². The molecule has 0 fully saturated rings. The van der Waals surface area contributed by atoms with Crippen molar-refractivity contribution in [2.24, 2.45) is 11.7 Å². The molecular formula is C13H19FN2S. The van der Waals surface area contributed by atoms with Gasteiger partial charge in [0.1, 0.15) is 10.8 Å². The lowest BCUT2D eigenvalue weighted by Gasteiger charge is -2.12. The average molecular weight is 254 g/mol. The van der Waals surface area contributed by atoms with Crippen molar-refractivity contribution in [1.82, 2.24) is 0 Å². The number of nitrogens with two attached hydrogens (primary N) is 1. The van der Waals surface area contributed by atoms with E-state index in [1.165, 1.54) is 6.07 Å². The van der Waals surface area contributed by atoms with E-state index in [0.717, 1.165) is 19.4 Å². The lowest BCUT2D eigenvalue weighted by molar-refractivity contribution is 0.566. The van der Waals surface area contributed by atoms with Crippen LogP contribution in [0.3, 0.4) is 0 Å². The van der Waals surface area contributed by atoms with Crippen molar-refractivity contribution in [3.8, 4) is 0 Å². The van der Waals surface area contributed by atoms with Crippen LogP contribution in [-0.2, 0) is 0 Å². The summed E-state index contributed by atoms with van der Waals surface area (Å²) < 4.78 is 13.5. The molecule has 0 bridgehead atoms. The second-order valence-electron chi connectivity index (χ2n) is 4.49. The summed E-state index contributed by atoms with van der Waals surface area (Å²) in [5, 5.41) is 3.18. The second kappa shape index (κ2) is 6.55. The molecule has 0 aromatic heterocycles. The number of nitrogens with one attached hydrogen (secondary N) is 1. The average Bonchev–Trinajstić information content (AvgIpc) is 2.23. The van der Waals surface area contributed by atoms with Crippen LogP contribution in [0, 0.1) is 11.7 Å². The number of hydrogen-bond donors (Lipinski definition) is 2. The Labute approximate surface area is 107 Å². The zero-order valence-electron chi connectivity index (χ0n) is 10.3. The van der Waals surface area contributed by atoms with Crippen molar-refractivity contribution >= 4 is 22.9 Å². The highest BCUT2D eigenvalue weighted by Crippen LogP contribution is 2.19. The number of thiocarbonyl (C=S) groups is 1. The minimum atomic E-state index is -0.369. The van der Waals surface area contributed by atoms with Crippen molar-refractivity contribution in [3.05, 3.63) is 29.6 Å². The van der Waals surface area contributed by atoms with Gasteiger partial charge in [0.05, 0.1) is 5.56 Å². The van der Waals surface area contributed by atoms with E-state index in [4.69, 9.17) is 18.0 Å². The van der Waals surface area contributed by atoms with Crippen molar-refractivity contribution in [2.75, 3.05) is 11.9 Å². The van der Waals surface area contributed by atoms with Gasteiger partial charge in [-0.1, -0.05) is 32.1 Å². The van der Waals surface area contributed by atoms with E-state index in [9.17, 15) is 4.39 Å². The minimum absolute atomic E-state index is 0.0921. The van der Waals surface area contributed by atoms with Crippen LogP contribution in [0.1, 0.15) is 32.3 Å². The van der Waals surface area contributed by atoms with Crippen molar-refractivity contribution in [3.63, 3.8) is 0 Å². The summed E-state index contributed by atoms with van der Waals surface area (Å²) in [5.41, 5.74) is 6.51. The zero-order valence-corrected chi connectivity index (χ0v) is 11.1. The first kappa shape index (κ1) is 13.9. The Hall–Kier alpha value is -1.16. The van der Waals surface area contributed by atoms with E-state index in [0.29, 0.717) is 17.2 Å². The Balaban J connectivity index is 2.64. The largest absolute Gasteiger partial charge is 0.389 e. The van der Waals surface area contributed by atoms with Crippen LogP contribution >= 0.6 is 12.2 Å². The highest BCUT2D eigenvalue weighted by molar-refractivity contribution is 7.80. The molecular weight excluding hydrogens is 235 g/mol. The van der Waals surface area contributed by atoms with Gasteiger partial charge in [-0.25, -0.2) is 4.39 Å². The third kappa shape index (κ3) is 4.30. The molecule has 0 radical (unpaired) electrons. The molecule has 1 rings (SSSR count). The Morgan fingerprint density at radius 1 is 1.47 bits per heavy atom. The third-order valence-corrected chi connectivity index (χ3v) is 2.74. The maximum absolute atomic E-state index is 13.5. The summed E-state index contributed by atoms with van der Waals surface area (Å²) in [6.45, 7) is 5.17. The van der Waals surface area contributed by atoms with Crippen LogP contribution in [0.15, 0.2) is 18.2 Å². The summed E-state index contributed by atoms with van der Waals surface area (Å²) in [7, 11) is 0. The number of benzene rings is 1. The maximum atomic E-state index is 13.5. The van der Waals surface area contributed by atoms with Gasteiger partial charge >= 0.3 is 0 Å². The highest BCUT2D eigenvalue weighted by atomic mass is 32.1. The Morgan fingerprint density at radius 3 is 2.76 bits per heavy atom. The van der Waals surface area contributed by atoms with Crippen molar-refractivity contribution < 1.29 is 4.39 Å². The zero-order chi connectivity index (χ0) is 12.8. The highest BCUT2D eigenvalue weighted by Gasteiger charge is 2.10. The second-order valence-corrected chi connectivity index (χ2v) is 4.93.